The Morgan fingerprint density at radius 1 is 0.811 bits per heavy atom. The molecular weight excluding hydrogens is 538 g/mol. The van der Waals surface area contributed by atoms with Crippen molar-refractivity contribution in [2.24, 2.45) is 5.92 Å². The van der Waals surface area contributed by atoms with Crippen molar-refractivity contribution in [1.29, 1.82) is 0 Å². The third-order valence-corrected chi connectivity index (χ3v) is 4.83. The average Bonchev–Trinajstić information content (AvgIpc) is 2.83. The van der Waals surface area contributed by atoms with Gasteiger partial charge in [0.2, 0.25) is 5.91 Å². The van der Waals surface area contributed by atoms with Crippen molar-refractivity contribution in [3.8, 4) is 0 Å². The first-order chi connectivity index (χ1) is 17.2. The van der Waals surface area contributed by atoms with Gasteiger partial charge in [-0.05, 0) is 0 Å². The van der Waals surface area contributed by atoms with Gasteiger partial charge in [-0.1, -0.05) is 25.6 Å². The summed E-state index contributed by atoms with van der Waals surface area (Å²) in [5.41, 5.74) is 0. The summed E-state index contributed by atoms with van der Waals surface area (Å²) in [4.78, 5) is 89.5. The van der Waals surface area contributed by atoms with E-state index in [-0.39, 0.29) is 67.2 Å². The van der Waals surface area contributed by atoms with Crippen molar-refractivity contribution in [3.05, 3.63) is 0 Å². The lowest BCUT2D eigenvalue weighted by atomic mass is 10.0. The number of amides is 1. The molecule has 0 aromatic heterocycles. The molecule has 0 aliphatic rings. The first-order valence-electron chi connectivity index (χ1n) is 10.6. The number of carbonyl (C=O) groups is 7. The van der Waals surface area contributed by atoms with Crippen LogP contribution < -0.4 is 5.32 Å². The normalized spacial score (nSPS) is 9.70. The molecule has 1 amide bonds. The van der Waals surface area contributed by atoms with Gasteiger partial charge in [-0.15, -0.1) is 0 Å². The number of carbonyl (C=O) groups excluding carboxylic acids is 5. The number of carboxylic acids is 4. The van der Waals surface area contributed by atoms with Crippen LogP contribution in [0.3, 0.4) is 0 Å². The van der Waals surface area contributed by atoms with Gasteiger partial charge >= 0.3 is 30.0 Å². The Balaban J connectivity index is -0.000000237. The second kappa shape index (κ2) is 29.0. The summed E-state index contributed by atoms with van der Waals surface area (Å²) in [6, 6.07) is 0. The van der Waals surface area contributed by atoms with E-state index in [1.165, 1.54) is 0 Å². The summed E-state index contributed by atoms with van der Waals surface area (Å²) >= 11 is 4.69. The number of hydrogen-bond donors (Lipinski definition) is 6. The molecule has 212 valence electrons. The minimum atomic E-state index is -1.12. The van der Waals surface area contributed by atoms with Crippen molar-refractivity contribution >= 4 is 71.2 Å². The van der Waals surface area contributed by atoms with Crippen LogP contribution >= 0.6 is 24.4 Å². The maximum Gasteiger partial charge on any atom is 0.373 e. The highest BCUT2D eigenvalue weighted by Gasteiger charge is 2.22. The molecule has 0 spiro atoms. The molecule has 14 nitrogen and oxygen atoms in total. The van der Waals surface area contributed by atoms with E-state index in [9.17, 15) is 33.6 Å². The van der Waals surface area contributed by atoms with Crippen LogP contribution in [0.4, 0.5) is 0 Å². The van der Waals surface area contributed by atoms with E-state index in [4.69, 9.17) is 30.0 Å². The average molecular weight is 572 g/mol. The molecule has 0 bridgehead atoms. The summed E-state index contributed by atoms with van der Waals surface area (Å²) in [5, 5.41) is 35.4. The van der Waals surface area contributed by atoms with Gasteiger partial charge < -0.3 is 25.7 Å². The first kappa shape index (κ1) is 40.9. The zero-order valence-corrected chi connectivity index (χ0v) is 22.2. The van der Waals surface area contributed by atoms with Crippen LogP contribution in [-0.4, -0.2) is 85.3 Å². The number of ketones is 1. The monoisotopic (exact) mass is 571 g/mol. The Morgan fingerprint density at radius 3 is 1.57 bits per heavy atom. The Morgan fingerprint density at radius 2 is 1.24 bits per heavy atom. The number of carboxylic acid groups (broad SMARTS) is 4. The van der Waals surface area contributed by atoms with Crippen LogP contribution in [0.2, 0.25) is 0 Å². The number of aliphatic carboxylic acids is 4. The Kier molecular flexibility index (Phi) is 32.1. The number of thiol groups is 1. The number of Topliss-reactive ketones (excluding diaryl/α,β-unsaturated/α-hetero) is 1. The van der Waals surface area contributed by atoms with E-state index in [0.717, 1.165) is 11.8 Å². The Hall–Kier alpha value is -3.23. The number of rotatable bonds is 15. The largest absolute Gasteiger partial charge is 0.481 e. The second-order valence-electron chi connectivity index (χ2n) is 6.51. The maximum atomic E-state index is 11.3. The fourth-order valence-electron chi connectivity index (χ4n) is 1.65. The molecule has 1 atom stereocenters. The second-order valence-corrected chi connectivity index (χ2v) is 8.03. The quantitative estimate of drug-likeness (QED) is 0.150. The Labute approximate surface area is 223 Å². The molecule has 0 aliphatic heterocycles. The topological polar surface area (TPSA) is 247 Å². The molecular formula is C21H33NO13S2. The van der Waals surface area contributed by atoms with Crippen LogP contribution in [0.25, 0.3) is 0 Å². The van der Waals surface area contributed by atoms with Gasteiger partial charge in [0.15, 0.2) is 5.12 Å². The van der Waals surface area contributed by atoms with Gasteiger partial charge in [0.1, 0.15) is 5.78 Å². The number of hydrogen-bond acceptors (Lipinski definition) is 11. The van der Waals surface area contributed by atoms with Gasteiger partial charge in [-0.25, -0.2) is 0 Å². The smallest absolute Gasteiger partial charge is 0.373 e. The fraction of sp³-hybridized carbons (Fsp3) is 0.619. The van der Waals surface area contributed by atoms with Gasteiger partial charge in [-0.2, -0.15) is 22.2 Å². The van der Waals surface area contributed by atoms with Crippen molar-refractivity contribution in [2.45, 2.75) is 58.8 Å². The van der Waals surface area contributed by atoms with Crippen LogP contribution in [0.1, 0.15) is 58.8 Å². The predicted octanol–water partition coefficient (Wildman–Crippen LogP) is 0.976. The third-order valence-electron chi connectivity index (χ3n) is 3.51. The Bertz CT molecular complexity index is 752. The molecule has 0 rings (SSSR count). The van der Waals surface area contributed by atoms with Gasteiger partial charge in [-0.3, -0.25) is 33.6 Å². The van der Waals surface area contributed by atoms with E-state index >= 15 is 0 Å². The molecule has 0 aliphatic carbocycles. The predicted molar refractivity (Wildman–Crippen MR) is 132 cm³/mol. The molecule has 37 heavy (non-hydrogen) atoms. The van der Waals surface area contributed by atoms with E-state index in [0.29, 0.717) is 18.7 Å². The molecule has 0 aromatic rings. The van der Waals surface area contributed by atoms with E-state index in [1.54, 1.807) is 6.92 Å². The highest BCUT2D eigenvalue weighted by Crippen LogP contribution is 2.17. The lowest BCUT2D eigenvalue weighted by Gasteiger charge is -2.09. The third kappa shape index (κ3) is 40.2. The van der Waals surface area contributed by atoms with E-state index in [2.05, 4.69) is 17.9 Å². The molecule has 0 heterocycles. The maximum absolute atomic E-state index is 11.3. The van der Waals surface area contributed by atoms with Gasteiger partial charge in [0.25, 0.3) is 0 Å². The van der Waals surface area contributed by atoms with Crippen molar-refractivity contribution in [3.63, 3.8) is 0 Å². The van der Waals surface area contributed by atoms with E-state index in [1.807, 2.05) is 6.92 Å². The standard InChI is InChI=1S/C11H16O6S.C5H11NOS.C4H6O4.CO2/c1-2-8(12)5-7(11(16)17)6-18-10(15)4-3-9(13)14;1-2-5(7)6-3-4-8;5-3(6)1-2-4(7)8;2-1-3/h7H,2-6H2,1H3,(H,13,14)(H,16,17);8H,2-4H2,1H3,(H,6,7);1-2H2,(H,5,6)(H,7,8);. The zero-order valence-electron chi connectivity index (χ0n) is 20.5. The van der Waals surface area contributed by atoms with Crippen LogP contribution in [0, 0.1) is 5.92 Å². The molecule has 0 aromatic carbocycles. The summed E-state index contributed by atoms with van der Waals surface area (Å²) in [7, 11) is 0. The fourth-order valence-corrected chi connectivity index (χ4v) is 2.65. The lowest BCUT2D eigenvalue weighted by Crippen LogP contribution is -2.23. The summed E-state index contributed by atoms with van der Waals surface area (Å²) in [6.07, 6.45) is -0.00355. The molecule has 0 saturated heterocycles. The molecule has 0 radical (unpaired) electrons. The molecule has 0 fully saturated rings. The summed E-state index contributed by atoms with van der Waals surface area (Å²) in [5.74, 6) is -4.59. The number of nitrogens with one attached hydrogen (secondary N) is 1. The highest BCUT2D eigenvalue weighted by molar-refractivity contribution is 8.13. The van der Waals surface area contributed by atoms with Crippen LogP contribution in [-0.2, 0) is 43.2 Å². The van der Waals surface area contributed by atoms with Crippen LogP contribution in [0.15, 0.2) is 0 Å². The summed E-state index contributed by atoms with van der Waals surface area (Å²) in [6.45, 7) is 4.15. The molecule has 0 saturated carbocycles. The minimum Gasteiger partial charge on any atom is -0.481 e. The molecule has 5 N–H and O–H groups in total. The number of thioether (sulfide) groups is 1. The summed E-state index contributed by atoms with van der Waals surface area (Å²) < 4.78 is 0. The molecule has 1 unspecified atom stereocenters. The zero-order chi connectivity index (χ0) is 29.8. The van der Waals surface area contributed by atoms with E-state index < -0.39 is 29.8 Å². The highest BCUT2D eigenvalue weighted by atomic mass is 32.2. The van der Waals surface area contributed by atoms with Crippen LogP contribution in [0.5, 0.6) is 0 Å². The van der Waals surface area contributed by atoms with Crippen molar-refractivity contribution in [2.75, 3.05) is 18.1 Å². The van der Waals surface area contributed by atoms with Crippen molar-refractivity contribution in [1.82, 2.24) is 5.32 Å². The first-order valence-corrected chi connectivity index (χ1v) is 12.3. The van der Waals surface area contributed by atoms with Gasteiger partial charge in [0.05, 0.1) is 25.2 Å². The van der Waals surface area contributed by atoms with Gasteiger partial charge in [0, 0.05) is 43.7 Å². The minimum absolute atomic E-state index is 0.000471. The molecule has 16 heteroatoms. The SMILES string of the molecule is CCC(=O)CC(CSC(=O)CCC(=O)O)C(=O)O.CCC(=O)NCCS.O=C(O)CCC(=O)O.O=C=O. The van der Waals surface area contributed by atoms with Crippen molar-refractivity contribution < 1.29 is 63.6 Å². The lowest BCUT2D eigenvalue weighted by molar-refractivity contribution is -0.192.